The summed E-state index contributed by atoms with van der Waals surface area (Å²) in [6.45, 7) is 4.14. The lowest BCUT2D eigenvalue weighted by Crippen LogP contribution is -2.17. The highest BCUT2D eigenvalue weighted by atomic mass is 19.4. The highest BCUT2D eigenvalue weighted by Gasteiger charge is 2.33. The number of aromatic nitrogens is 2. The molecular formula is C19H15F3N4O2. The Hall–Kier alpha value is -3.23. The molecule has 1 aliphatic heterocycles. The summed E-state index contributed by atoms with van der Waals surface area (Å²) >= 11 is 0. The van der Waals surface area contributed by atoms with Crippen LogP contribution in [-0.2, 0) is 0 Å². The smallest absolute Gasteiger partial charge is 0.405 e. The minimum absolute atomic E-state index is 0.0104. The molecule has 0 amide bonds. The predicted molar refractivity (Wildman–Crippen MR) is 93.9 cm³/mol. The summed E-state index contributed by atoms with van der Waals surface area (Å²) in [6.07, 6.45) is -4.82. The van der Waals surface area contributed by atoms with Crippen LogP contribution < -0.4 is 4.74 Å². The molecule has 1 unspecified atom stereocenters. The molecule has 0 bridgehead atoms. The number of hydrogen-bond acceptors (Lipinski definition) is 6. The Bertz CT molecular complexity index is 1040. The van der Waals surface area contributed by atoms with Crippen molar-refractivity contribution in [3.8, 4) is 28.6 Å². The zero-order valence-corrected chi connectivity index (χ0v) is 14.9. The van der Waals surface area contributed by atoms with E-state index in [9.17, 15) is 13.2 Å². The van der Waals surface area contributed by atoms with Crippen LogP contribution in [0.5, 0.6) is 5.75 Å². The second-order valence-corrected chi connectivity index (χ2v) is 6.65. The van der Waals surface area contributed by atoms with Crippen molar-refractivity contribution in [2.75, 3.05) is 0 Å². The number of alkyl halides is 3. The van der Waals surface area contributed by atoms with Gasteiger partial charge in [0.1, 0.15) is 11.8 Å². The normalized spacial score (nSPS) is 15.9. The van der Waals surface area contributed by atoms with Crippen molar-refractivity contribution in [3.05, 3.63) is 48.0 Å². The topological polar surface area (TPSA) is 72.9 Å². The standard InChI is InChI=1S/C19H15F3N4O2/c1-10(2)16-12-8-7-11(9-14(12)24-25-16)17-23-18(28-26-17)13-5-3-4-6-15(13)27-19(20,21)22/h3-10,16H,1-2H3. The molecule has 0 aliphatic carbocycles. The van der Waals surface area contributed by atoms with Crippen molar-refractivity contribution in [1.29, 1.82) is 0 Å². The van der Waals surface area contributed by atoms with Crippen molar-refractivity contribution < 1.29 is 22.4 Å². The van der Waals surface area contributed by atoms with Crippen LogP contribution in [0.3, 0.4) is 0 Å². The second kappa shape index (κ2) is 6.74. The molecule has 1 aliphatic rings. The van der Waals surface area contributed by atoms with E-state index in [2.05, 4.69) is 39.0 Å². The third-order valence-corrected chi connectivity index (χ3v) is 4.30. The van der Waals surface area contributed by atoms with E-state index >= 15 is 0 Å². The van der Waals surface area contributed by atoms with Gasteiger partial charge in [-0.3, -0.25) is 0 Å². The van der Waals surface area contributed by atoms with Crippen molar-refractivity contribution in [2.45, 2.75) is 26.3 Å². The number of hydrogen-bond donors (Lipinski definition) is 0. The van der Waals surface area contributed by atoms with Crippen LogP contribution in [-0.4, -0.2) is 16.5 Å². The number of ether oxygens (including phenoxy) is 1. The quantitative estimate of drug-likeness (QED) is 0.542. The summed E-state index contributed by atoms with van der Waals surface area (Å²) in [5.74, 6) is 0.0744. The summed E-state index contributed by atoms with van der Waals surface area (Å²) in [6, 6.07) is 11.1. The molecule has 9 heteroatoms. The summed E-state index contributed by atoms with van der Waals surface area (Å²) < 4.78 is 47.1. The molecule has 2 heterocycles. The fraction of sp³-hybridized carbons (Fsp3) is 0.263. The van der Waals surface area contributed by atoms with Gasteiger partial charge in [0.2, 0.25) is 5.82 Å². The Kier molecular flexibility index (Phi) is 4.37. The SMILES string of the molecule is CC(C)C1N=Nc2cc(-c3noc(-c4ccccc4OC(F)(F)F)n3)ccc21. The van der Waals surface area contributed by atoms with Crippen LogP contribution in [0.2, 0.25) is 0 Å². The first-order valence-corrected chi connectivity index (χ1v) is 8.56. The first kappa shape index (κ1) is 18.1. The van der Waals surface area contributed by atoms with Crippen molar-refractivity contribution in [3.63, 3.8) is 0 Å². The average molecular weight is 388 g/mol. The lowest BCUT2D eigenvalue weighted by molar-refractivity contribution is -0.274. The number of fused-ring (bicyclic) bond motifs is 1. The second-order valence-electron chi connectivity index (χ2n) is 6.65. The number of nitrogens with zero attached hydrogens (tertiary/aromatic N) is 4. The Morgan fingerprint density at radius 3 is 2.64 bits per heavy atom. The van der Waals surface area contributed by atoms with Gasteiger partial charge >= 0.3 is 6.36 Å². The number of azo groups is 1. The van der Waals surface area contributed by atoms with E-state index in [1.165, 1.54) is 18.2 Å². The van der Waals surface area contributed by atoms with Crippen molar-refractivity contribution in [2.24, 2.45) is 16.1 Å². The zero-order chi connectivity index (χ0) is 19.9. The van der Waals surface area contributed by atoms with Crippen LogP contribution in [0.25, 0.3) is 22.8 Å². The maximum absolute atomic E-state index is 12.6. The van der Waals surface area contributed by atoms with Gasteiger partial charge < -0.3 is 9.26 Å². The molecule has 4 rings (SSSR count). The fourth-order valence-corrected chi connectivity index (χ4v) is 3.01. The molecule has 0 N–H and O–H groups in total. The molecule has 1 aromatic heterocycles. The van der Waals surface area contributed by atoms with Crippen LogP contribution in [0.15, 0.2) is 57.2 Å². The molecule has 0 fully saturated rings. The third kappa shape index (κ3) is 3.47. The van der Waals surface area contributed by atoms with E-state index < -0.39 is 12.1 Å². The summed E-state index contributed by atoms with van der Waals surface area (Å²) in [5, 5.41) is 12.4. The molecule has 28 heavy (non-hydrogen) atoms. The Balaban J connectivity index is 1.66. The summed E-state index contributed by atoms with van der Waals surface area (Å²) in [7, 11) is 0. The number of rotatable bonds is 4. The maximum atomic E-state index is 12.6. The monoisotopic (exact) mass is 388 g/mol. The molecular weight excluding hydrogens is 373 g/mol. The molecule has 0 saturated carbocycles. The molecule has 1 atom stereocenters. The molecule has 0 spiro atoms. The van der Waals surface area contributed by atoms with Gasteiger partial charge in [-0.05, 0) is 24.1 Å². The van der Waals surface area contributed by atoms with Crippen LogP contribution in [0.4, 0.5) is 18.9 Å². The lowest BCUT2D eigenvalue weighted by atomic mass is 9.95. The van der Waals surface area contributed by atoms with E-state index in [4.69, 9.17) is 4.52 Å². The molecule has 6 nitrogen and oxygen atoms in total. The number of halogens is 3. The molecule has 2 aromatic carbocycles. The van der Waals surface area contributed by atoms with Crippen molar-refractivity contribution in [1.82, 2.24) is 10.1 Å². The summed E-state index contributed by atoms with van der Waals surface area (Å²) in [4.78, 5) is 4.22. The first-order valence-electron chi connectivity index (χ1n) is 8.56. The highest BCUT2D eigenvalue weighted by Crippen LogP contribution is 2.41. The Labute approximate surface area is 158 Å². The van der Waals surface area contributed by atoms with Gasteiger partial charge in [-0.25, -0.2) is 0 Å². The van der Waals surface area contributed by atoms with Gasteiger partial charge in [0.25, 0.3) is 5.89 Å². The highest BCUT2D eigenvalue weighted by molar-refractivity contribution is 5.68. The van der Waals surface area contributed by atoms with E-state index in [1.807, 2.05) is 12.1 Å². The maximum Gasteiger partial charge on any atom is 0.573 e. The van der Waals surface area contributed by atoms with Gasteiger partial charge in [-0.1, -0.05) is 43.3 Å². The van der Waals surface area contributed by atoms with Gasteiger partial charge in [0.05, 0.1) is 11.3 Å². The predicted octanol–water partition coefficient (Wildman–Crippen LogP) is 6.10. The molecule has 0 radical (unpaired) electrons. The van der Waals surface area contributed by atoms with Gasteiger partial charge in [0, 0.05) is 11.1 Å². The van der Waals surface area contributed by atoms with E-state index in [-0.39, 0.29) is 23.3 Å². The fourth-order valence-electron chi connectivity index (χ4n) is 3.01. The van der Waals surface area contributed by atoms with E-state index in [0.29, 0.717) is 11.5 Å². The van der Waals surface area contributed by atoms with E-state index in [1.54, 1.807) is 12.1 Å². The molecule has 144 valence electrons. The molecule has 3 aromatic rings. The largest absolute Gasteiger partial charge is 0.573 e. The van der Waals surface area contributed by atoms with Gasteiger partial charge in [-0.15, -0.1) is 13.2 Å². The van der Waals surface area contributed by atoms with Crippen LogP contribution >= 0.6 is 0 Å². The number of benzene rings is 2. The number of para-hydroxylation sites is 1. The first-order chi connectivity index (χ1) is 13.3. The Morgan fingerprint density at radius 2 is 1.89 bits per heavy atom. The Morgan fingerprint density at radius 1 is 1.11 bits per heavy atom. The van der Waals surface area contributed by atoms with Crippen LogP contribution in [0.1, 0.15) is 25.5 Å². The van der Waals surface area contributed by atoms with Gasteiger partial charge in [0.15, 0.2) is 0 Å². The zero-order valence-electron chi connectivity index (χ0n) is 14.9. The van der Waals surface area contributed by atoms with E-state index in [0.717, 1.165) is 11.3 Å². The average Bonchev–Trinajstić information content (AvgIpc) is 3.27. The van der Waals surface area contributed by atoms with Crippen LogP contribution in [0, 0.1) is 5.92 Å². The third-order valence-electron chi connectivity index (χ3n) is 4.30. The van der Waals surface area contributed by atoms with Gasteiger partial charge in [-0.2, -0.15) is 15.2 Å². The van der Waals surface area contributed by atoms with Crippen molar-refractivity contribution >= 4 is 5.69 Å². The molecule has 0 saturated heterocycles. The minimum Gasteiger partial charge on any atom is -0.405 e. The lowest BCUT2D eigenvalue weighted by Gasteiger charge is -2.11. The minimum atomic E-state index is -4.82. The summed E-state index contributed by atoms with van der Waals surface area (Å²) in [5.41, 5.74) is 2.43.